The van der Waals surface area contributed by atoms with E-state index in [0.29, 0.717) is 5.69 Å². The molecule has 1 heterocycles. The zero-order valence-electron chi connectivity index (χ0n) is 16.0. The summed E-state index contributed by atoms with van der Waals surface area (Å²) < 4.78 is 27.8. The first-order valence-electron chi connectivity index (χ1n) is 8.66. The quantitative estimate of drug-likeness (QED) is 0.460. The van der Waals surface area contributed by atoms with Crippen molar-refractivity contribution in [2.45, 2.75) is 11.8 Å². The van der Waals surface area contributed by atoms with E-state index in [9.17, 15) is 18.0 Å². The molecule has 9 nitrogen and oxygen atoms in total. The standard InChI is InChI=1S/C19H16Cl2N4O5S/c1-10-2-4-11(5-3-10)15-8-16(25-24-15)19(27)30-9-17(26)23-18-13(20)6-12(7-14(18)21)31(22,28)29/h2-8H,9H2,1H3,(H,23,26)(H,24,25)(H2,22,28,29). The summed E-state index contributed by atoms with van der Waals surface area (Å²) in [6, 6.07) is 11.1. The topological polar surface area (TPSA) is 144 Å². The van der Waals surface area contributed by atoms with Crippen LogP contribution in [0.25, 0.3) is 11.3 Å². The van der Waals surface area contributed by atoms with E-state index in [1.807, 2.05) is 31.2 Å². The van der Waals surface area contributed by atoms with E-state index < -0.39 is 28.5 Å². The Bertz CT molecular complexity index is 1230. The van der Waals surface area contributed by atoms with Gasteiger partial charge in [0.25, 0.3) is 5.91 Å². The van der Waals surface area contributed by atoms with Gasteiger partial charge in [-0.2, -0.15) is 5.10 Å². The molecular weight excluding hydrogens is 467 g/mol. The molecule has 0 bridgehead atoms. The van der Waals surface area contributed by atoms with Gasteiger partial charge in [-0.25, -0.2) is 18.4 Å². The maximum Gasteiger partial charge on any atom is 0.356 e. The molecule has 162 valence electrons. The number of esters is 1. The maximum atomic E-state index is 12.2. The number of aromatic amines is 1. The number of carbonyl (C=O) groups is 2. The van der Waals surface area contributed by atoms with Crippen molar-refractivity contribution in [3.8, 4) is 11.3 Å². The number of sulfonamides is 1. The van der Waals surface area contributed by atoms with Gasteiger partial charge in [0.05, 0.1) is 26.3 Å². The van der Waals surface area contributed by atoms with Crippen molar-refractivity contribution in [2.24, 2.45) is 5.14 Å². The Hall–Kier alpha value is -2.92. The molecule has 4 N–H and O–H groups in total. The van der Waals surface area contributed by atoms with Crippen molar-refractivity contribution in [2.75, 3.05) is 11.9 Å². The maximum absolute atomic E-state index is 12.2. The van der Waals surface area contributed by atoms with Crippen molar-refractivity contribution in [3.63, 3.8) is 0 Å². The van der Waals surface area contributed by atoms with E-state index in [-0.39, 0.29) is 26.3 Å². The van der Waals surface area contributed by atoms with Crippen molar-refractivity contribution in [3.05, 3.63) is 63.8 Å². The molecule has 0 atom stereocenters. The Kier molecular flexibility index (Phi) is 6.65. The van der Waals surface area contributed by atoms with Crippen LogP contribution in [0, 0.1) is 6.92 Å². The monoisotopic (exact) mass is 482 g/mol. The lowest BCUT2D eigenvalue weighted by Crippen LogP contribution is -2.21. The number of hydrogen-bond donors (Lipinski definition) is 3. The van der Waals surface area contributed by atoms with Crippen LogP contribution >= 0.6 is 23.2 Å². The van der Waals surface area contributed by atoms with Crippen molar-refractivity contribution < 1.29 is 22.7 Å². The number of ether oxygens (including phenoxy) is 1. The summed E-state index contributed by atoms with van der Waals surface area (Å²) in [5.41, 5.74) is 2.47. The van der Waals surface area contributed by atoms with Gasteiger partial charge in [0.2, 0.25) is 10.0 Å². The lowest BCUT2D eigenvalue weighted by Gasteiger charge is -2.11. The number of hydrogen-bond acceptors (Lipinski definition) is 6. The van der Waals surface area contributed by atoms with Crippen molar-refractivity contribution >= 4 is 50.8 Å². The zero-order chi connectivity index (χ0) is 22.8. The average Bonchev–Trinajstić information content (AvgIpc) is 3.19. The number of rotatable bonds is 6. The highest BCUT2D eigenvalue weighted by molar-refractivity contribution is 7.89. The number of carbonyl (C=O) groups excluding carboxylic acids is 2. The third-order valence-corrected chi connectivity index (χ3v) is 5.58. The second-order valence-corrected chi connectivity index (χ2v) is 8.84. The molecule has 0 aliphatic carbocycles. The second-order valence-electron chi connectivity index (χ2n) is 6.46. The third kappa shape index (κ3) is 5.61. The molecule has 0 radical (unpaired) electrons. The van der Waals surface area contributed by atoms with Gasteiger partial charge in [-0.05, 0) is 25.1 Å². The Morgan fingerprint density at radius 1 is 1.13 bits per heavy atom. The molecule has 2 aromatic carbocycles. The molecular formula is C19H16Cl2N4O5S. The van der Waals surface area contributed by atoms with Crippen LogP contribution in [0.4, 0.5) is 5.69 Å². The minimum Gasteiger partial charge on any atom is -0.451 e. The summed E-state index contributed by atoms with van der Waals surface area (Å²) in [4.78, 5) is 24.0. The Labute approximate surface area is 187 Å². The van der Waals surface area contributed by atoms with E-state index in [1.54, 1.807) is 0 Å². The van der Waals surface area contributed by atoms with Crippen LogP contribution in [-0.2, 0) is 19.6 Å². The van der Waals surface area contributed by atoms with E-state index >= 15 is 0 Å². The van der Waals surface area contributed by atoms with Gasteiger partial charge in [0.15, 0.2) is 6.61 Å². The number of primary sulfonamides is 1. The fraction of sp³-hybridized carbons (Fsp3) is 0.105. The van der Waals surface area contributed by atoms with Crippen LogP contribution < -0.4 is 10.5 Å². The summed E-state index contributed by atoms with van der Waals surface area (Å²) in [5, 5.41) is 13.7. The highest BCUT2D eigenvalue weighted by atomic mass is 35.5. The second kappa shape index (κ2) is 9.06. The van der Waals surface area contributed by atoms with E-state index in [1.165, 1.54) is 6.07 Å². The summed E-state index contributed by atoms with van der Waals surface area (Å²) in [5.74, 6) is -1.53. The van der Waals surface area contributed by atoms with Crippen LogP contribution in [0.15, 0.2) is 47.4 Å². The highest BCUT2D eigenvalue weighted by Gasteiger charge is 2.18. The number of aryl methyl sites for hydroxylation is 1. The van der Waals surface area contributed by atoms with Crippen LogP contribution in [0.3, 0.4) is 0 Å². The summed E-state index contributed by atoms with van der Waals surface area (Å²) in [6.07, 6.45) is 0. The Morgan fingerprint density at radius 3 is 2.32 bits per heavy atom. The number of benzene rings is 2. The molecule has 31 heavy (non-hydrogen) atoms. The van der Waals surface area contributed by atoms with Crippen LogP contribution in [0.5, 0.6) is 0 Å². The van der Waals surface area contributed by atoms with Gasteiger partial charge < -0.3 is 10.1 Å². The predicted molar refractivity (Wildman–Crippen MR) is 116 cm³/mol. The van der Waals surface area contributed by atoms with Gasteiger partial charge in [0.1, 0.15) is 5.69 Å². The molecule has 0 aliphatic rings. The Balaban J connectivity index is 1.63. The van der Waals surface area contributed by atoms with Crippen LogP contribution in [0.1, 0.15) is 16.1 Å². The lowest BCUT2D eigenvalue weighted by atomic mass is 10.1. The molecule has 1 amide bonds. The minimum atomic E-state index is -4.03. The number of nitrogens with zero attached hydrogens (tertiary/aromatic N) is 1. The van der Waals surface area contributed by atoms with Gasteiger partial charge in [-0.3, -0.25) is 9.89 Å². The van der Waals surface area contributed by atoms with Gasteiger partial charge in [-0.1, -0.05) is 53.0 Å². The number of amides is 1. The number of nitrogens with two attached hydrogens (primary N) is 1. The summed E-state index contributed by atoms with van der Waals surface area (Å²) in [6.45, 7) is 1.32. The van der Waals surface area contributed by atoms with Gasteiger partial charge >= 0.3 is 5.97 Å². The highest BCUT2D eigenvalue weighted by Crippen LogP contribution is 2.33. The van der Waals surface area contributed by atoms with Crippen molar-refractivity contribution in [1.29, 1.82) is 0 Å². The van der Waals surface area contributed by atoms with Crippen molar-refractivity contribution in [1.82, 2.24) is 10.2 Å². The number of aromatic nitrogens is 2. The normalized spacial score (nSPS) is 11.2. The fourth-order valence-electron chi connectivity index (χ4n) is 2.52. The molecule has 0 saturated heterocycles. The molecule has 1 aromatic heterocycles. The molecule has 0 spiro atoms. The fourth-order valence-corrected chi connectivity index (χ4v) is 3.79. The molecule has 3 rings (SSSR count). The zero-order valence-corrected chi connectivity index (χ0v) is 18.3. The molecule has 0 unspecified atom stereocenters. The van der Waals surface area contributed by atoms with E-state index in [2.05, 4.69) is 15.5 Å². The van der Waals surface area contributed by atoms with Crippen LogP contribution in [0.2, 0.25) is 10.0 Å². The Morgan fingerprint density at radius 2 is 1.74 bits per heavy atom. The molecule has 0 aliphatic heterocycles. The molecule has 12 heteroatoms. The number of anilines is 1. The number of nitrogens with one attached hydrogen (secondary N) is 2. The molecule has 0 saturated carbocycles. The van der Waals surface area contributed by atoms with E-state index in [0.717, 1.165) is 23.3 Å². The predicted octanol–water partition coefficient (Wildman–Crippen LogP) is 3.13. The molecule has 0 fully saturated rings. The average molecular weight is 483 g/mol. The van der Waals surface area contributed by atoms with E-state index in [4.69, 9.17) is 33.1 Å². The summed E-state index contributed by atoms with van der Waals surface area (Å²) in [7, 11) is -4.03. The minimum absolute atomic E-state index is 0.0417. The summed E-state index contributed by atoms with van der Waals surface area (Å²) >= 11 is 11.9. The first kappa shape index (κ1) is 22.8. The van der Waals surface area contributed by atoms with Crippen LogP contribution in [-0.4, -0.2) is 37.1 Å². The lowest BCUT2D eigenvalue weighted by molar-refractivity contribution is -0.119. The number of H-pyrrole nitrogens is 1. The first-order chi connectivity index (χ1) is 14.5. The van der Waals surface area contributed by atoms with Gasteiger partial charge in [-0.15, -0.1) is 0 Å². The van der Waals surface area contributed by atoms with Gasteiger partial charge in [0, 0.05) is 5.56 Å². The smallest absolute Gasteiger partial charge is 0.356 e. The molecule has 3 aromatic rings. The SMILES string of the molecule is Cc1ccc(-c2cc(C(=O)OCC(=O)Nc3c(Cl)cc(S(N)(=O)=O)cc3Cl)[nH]n2)cc1. The largest absolute Gasteiger partial charge is 0.451 e. The third-order valence-electron chi connectivity index (χ3n) is 4.09. The number of halogens is 2. The first-order valence-corrected chi connectivity index (χ1v) is 11.0.